The average molecular weight is 291 g/mol. The second-order valence-electron chi connectivity index (χ2n) is 4.93. The number of nitrogens with zero attached hydrogens (tertiary/aromatic N) is 1. The van der Waals surface area contributed by atoms with Gasteiger partial charge >= 0.3 is 5.97 Å². The Labute approximate surface area is 120 Å². The number of carbonyl (C=O) groups is 1. The maximum Gasteiger partial charge on any atom is 0.340 e. The van der Waals surface area contributed by atoms with Gasteiger partial charge in [0.25, 0.3) is 0 Å². The van der Waals surface area contributed by atoms with Gasteiger partial charge in [0.15, 0.2) is 0 Å². The van der Waals surface area contributed by atoms with Gasteiger partial charge in [-0.05, 0) is 47.4 Å². The highest BCUT2D eigenvalue weighted by Gasteiger charge is 2.32. The summed E-state index contributed by atoms with van der Waals surface area (Å²) in [6.45, 7) is 0.623. The predicted octanol–water partition coefficient (Wildman–Crippen LogP) is 3.75. The molecular formula is C15H14FNO2S. The summed E-state index contributed by atoms with van der Waals surface area (Å²) in [6, 6.07) is 6.79. The molecule has 104 valence electrons. The van der Waals surface area contributed by atoms with Crippen molar-refractivity contribution < 1.29 is 14.3 Å². The van der Waals surface area contributed by atoms with E-state index in [0.29, 0.717) is 18.3 Å². The second kappa shape index (κ2) is 5.25. The largest absolute Gasteiger partial charge is 0.478 e. The van der Waals surface area contributed by atoms with Crippen molar-refractivity contribution in [2.45, 2.75) is 25.4 Å². The normalized spacial score (nSPS) is 14.2. The number of hydrogen-bond acceptors (Lipinski definition) is 3. The van der Waals surface area contributed by atoms with E-state index in [4.69, 9.17) is 0 Å². The smallest absolute Gasteiger partial charge is 0.340 e. The van der Waals surface area contributed by atoms with Gasteiger partial charge in [-0.2, -0.15) is 11.3 Å². The lowest BCUT2D eigenvalue weighted by atomic mass is 10.1. The van der Waals surface area contributed by atoms with Crippen LogP contribution < -0.4 is 4.90 Å². The Hall–Kier alpha value is -1.88. The van der Waals surface area contributed by atoms with Gasteiger partial charge in [-0.3, -0.25) is 0 Å². The molecule has 3 rings (SSSR count). The Morgan fingerprint density at radius 2 is 2.20 bits per heavy atom. The van der Waals surface area contributed by atoms with Crippen LogP contribution in [0.3, 0.4) is 0 Å². The standard InChI is InChI=1S/C15H14FNO2S/c16-12-2-1-3-13(14(12)15(18)19)17(11-4-5-11)8-10-6-7-20-9-10/h1-3,6-7,9,11H,4-5,8H2,(H,18,19). The third-order valence-corrected chi connectivity index (χ3v) is 4.17. The number of halogens is 1. The van der Waals surface area contributed by atoms with Crippen LogP contribution in [0.25, 0.3) is 0 Å². The van der Waals surface area contributed by atoms with Gasteiger partial charge in [-0.1, -0.05) is 6.07 Å². The molecule has 0 atom stereocenters. The van der Waals surface area contributed by atoms with Gasteiger partial charge in [0.05, 0.1) is 5.69 Å². The fourth-order valence-electron chi connectivity index (χ4n) is 2.34. The number of hydrogen-bond donors (Lipinski definition) is 1. The third kappa shape index (κ3) is 2.54. The van der Waals surface area contributed by atoms with Crippen LogP contribution in [0.2, 0.25) is 0 Å². The highest BCUT2D eigenvalue weighted by Crippen LogP contribution is 2.36. The van der Waals surface area contributed by atoms with E-state index in [1.54, 1.807) is 23.5 Å². The number of benzene rings is 1. The Kier molecular flexibility index (Phi) is 3.44. The SMILES string of the molecule is O=C(O)c1c(F)cccc1N(Cc1ccsc1)C1CC1. The molecule has 20 heavy (non-hydrogen) atoms. The molecule has 0 spiro atoms. The minimum atomic E-state index is -1.21. The van der Waals surface area contributed by atoms with Crippen LogP contribution in [0.4, 0.5) is 10.1 Å². The van der Waals surface area contributed by atoms with Crippen molar-refractivity contribution in [2.24, 2.45) is 0 Å². The van der Waals surface area contributed by atoms with Crippen LogP contribution >= 0.6 is 11.3 Å². The highest BCUT2D eigenvalue weighted by molar-refractivity contribution is 7.07. The topological polar surface area (TPSA) is 40.5 Å². The summed E-state index contributed by atoms with van der Waals surface area (Å²) >= 11 is 1.61. The number of thiophene rings is 1. The number of carboxylic acid groups (broad SMARTS) is 1. The quantitative estimate of drug-likeness (QED) is 0.912. The average Bonchev–Trinajstić information content (AvgIpc) is 3.12. The van der Waals surface area contributed by atoms with Crippen molar-refractivity contribution >= 4 is 23.0 Å². The van der Waals surface area contributed by atoms with Crippen LogP contribution in [0.1, 0.15) is 28.8 Å². The Bertz CT molecular complexity index is 623. The van der Waals surface area contributed by atoms with Gasteiger partial charge < -0.3 is 10.0 Å². The van der Waals surface area contributed by atoms with Crippen LogP contribution in [-0.4, -0.2) is 17.1 Å². The molecule has 3 nitrogen and oxygen atoms in total. The van der Waals surface area contributed by atoms with Gasteiger partial charge in [-0.15, -0.1) is 0 Å². The van der Waals surface area contributed by atoms with E-state index in [1.807, 2.05) is 21.7 Å². The summed E-state index contributed by atoms with van der Waals surface area (Å²) in [5, 5.41) is 13.3. The first-order valence-electron chi connectivity index (χ1n) is 6.46. The van der Waals surface area contributed by atoms with Gasteiger partial charge in [0.2, 0.25) is 0 Å². The van der Waals surface area contributed by atoms with Crippen LogP contribution in [-0.2, 0) is 6.54 Å². The molecule has 1 aromatic heterocycles. The summed E-state index contributed by atoms with van der Waals surface area (Å²) in [4.78, 5) is 13.3. The zero-order valence-corrected chi connectivity index (χ0v) is 11.6. The summed E-state index contributed by atoms with van der Waals surface area (Å²) in [7, 11) is 0. The van der Waals surface area contributed by atoms with E-state index in [-0.39, 0.29) is 5.56 Å². The summed E-state index contributed by atoms with van der Waals surface area (Å²) in [5.74, 6) is -1.89. The van der Waals surface area contributed by atoms with Crippen molar-refractivity contribution in [3.8, 4) is 0 Å². The molecule has 1 N–H and O–H groups in total. The number of carboxylic acids is 1. The molecule has 0 amide bonds. The minimum Gasteiger partial charge on any atom is -0.478 e. The first kappa shape index (κ1) is 13.1. The lowest BCUT2D eigenvalue weighted by Gasteiger charge is -2.26. The van der Waals surface area contributed by atoms with E-state index in [0.717, 1.165) is 18.4 Å². The molecule has 2 aromatic rings. The zero-order chi connectivity index (χ0) is 14.1. The van der Waals surface area contributed by atoms with Gasteiger partial charge in [0, 0.05) is 12.6 Å². The Morgan fingerprint density at radius 1 is 1.40 bits per heavy atom. The van der Waals surface area contributed by atoms with Gasteiger partial charge in [-0.25, -0.2) is 9.18 Å². The molecule has 0 bridgehead atoms. The molecule has 1 heterocycles. The van der Waals surface area contributed by atoms with Crippen LogP contribution in [0.15, 0.2) is 35.0 Å². The first-order valence-corrected chi connectivity index (χ1v) is 7.40. The molecule has 0 radical (unpaired) electrons. The molecule has 0 unspecified atom stereocenters. The van der Waals surface area contributed by atoms with E-state index in [2.05, 4.69) is 0 Å². The van der Waals surface area contributed by atoms with Crippen molar-refractivity contribution in [3.05, 3.63) is 52.0 Å². The molecular weight excluding hydrogens is 277 g/mol. The lowest BCUT2D eigenvalue weighted by Crippen LogP contribution is -2.27. The molecule has 1 fully saturated rings. The number of rotatable bonds is 5. The maximum atomic E-state index is 13.8. The van der Waals surface area contributed by atoms with E-state index in [9.17, 15) is 14.3 Å². The Balaban J connectivity index is 1.99. The monoisotopic (exact) mass is 291 g/mol. The minimum absolute atomic E-state index is 0.227. The Morgan fingerprint density at radius 3 is 2.80 bits per heavy atom. The van der Waals surface area contributed by atoms with Crippen LogP contribution in [0, 0.1) is 5.82 Å². The molecule has 0 saturated heterocycles. The molecule has 1 aromatic carbocycles. The maximum absolute atomic E-state index is 13.8. The van der Waals surface area contributed by atoms with Crippen LogP contribution in [0.5, 0.6) is 0 Å². The van der Waals surface area contributed by atoms with Crippen molar-refractivity contribution in [3.63, 3.8) is 0 Å². The second-order valence-corrected chi connectivity index (χ2v) is 5.71. The fourth-order valence-corrected chi connectivity index (χ4v) is 3.00. The predicted molar refractivity (Wildman–Crippen MR) is 76.9 cm³/mol. The molecule has 0 aliphatic heterocycles. The van der Waals surface area contributed by atoms with E-state index in [1.165, 1.54) is 6.07 Å². The third-order valence-electron chi connectivity index (χ3n) is 3.44. The zero-order valence-electron chi connectivity index (χ0n) is 10.8. The summed E-state index contributed by atoms with van der Waals surface area (Å²) in [6.07, 6.45) is 2.05. The van der Waals surface area contributed by atoms with Crippen molar-refractivity contribution in [2.75, 3.05) is 4.90 Å². The van der Waals surface area contributed by atoms with E-state index >= 15 is 0 Å². The number of anilines is 1. The summed E-state index contributed by atoms with van der Waals surface area (Å²) < 4.78 is 13.8. The van der Waals surface area contributed by atoms with Crippen molar-refractivity contribution in [1.29, 1.82) is 0 Å². The van der Waals surface area contributed by atoms with E-state index < -0.39 is 11.8 Å². The fraction of sp³-hybridized carbons (Fsp3) is 0.267. The molecule has 1 aliphatic carbocycles. The lowest BCUT2D eigenvalue weighted by molar-refractivity contribution is 0.0692. The number of aromatic carboxylic acids is 1. The molecule has 5 heteroatoms. The molecule has 1 aliphatic rings. The highest BCUT2D eigenvalue weighted by atomic mass is 32.1. The van der Waals surface area contributed by atoms with Crippen molar-refractivity contribution in [1.82, 2.24) is 0 Å². The van der Waals surface area contributed by atoms with Gasteiger partial charge in [0.1, 0.15) is 11.4 Å². The first-order chi connectivity index (χ1) is 9.66. The molecule has 1 saturated carbocycles. The summed E-state index contributed by atoms with van der Waals surface area (Å²) in [5.41, 5.74) is 1.38.